The maximum absolute atomic E-state index is 9.44. The minimum Gasteiger partial charge on any atom is -0.399 e. The summed E-state index contributed by atoms with van der Waals surface area (Å²) < 4.78 is 1.69. The van der Waals surface area contributed by atoms with E-state index in [2.05, 4.69) is 16.2 Å². The molecule has 22 heavy (non-hydrogen) atoms. The Morgan fingerprint density at radius 2 is 2.00 bits per heavy atom. The highest BCUT2D eigenvalue weighted by Gasteiger charge is 2.11. The van der Waals surface area contributed by atoms with Crippen LogP contribution in [0.25, 0.3) is 22.4 Å². The first-order valence-electron chi connectivity index (χ1n) is 6.84. The van der Waals surface area contributed by atoms with Crippen LogP contribution in [0, 0.1) is 18.3 Å². The number of nitrogens with two attached hydrogens (primary N) is 1. The molecular formula is C17H15N5. The smallest absolute Gasteiger partial charge is 0.101 e. The van der Waals surface area contributed by atoms with Gasteiger partial charge in [-0.25, -0.2) is 0 Å². The maximum Gasteiger partial charge on any atom is 0.101 e. The van der Waals surface area contributed by atoms with Gasteiger partial charge in [0.15, 0.2) is 0 Å². The van der Waals surface area contributed by atoms with Crippen molar-refractivity contribution >= 4 is 5.69 Å². The number of nitrogen functional groups attached to an aromatic ring is 1. The number of nitriles is 1. The number of pyridine rings is 1. The average molecular weight is 289 g/mol. The Kier molecular flexibility index (Phi) is 3.36. The molecule has 0 atom stereocenters. The summed E-state index contributed by atoms with van der Waals surface area (Å²) in [5.41, 5.74) is 11.5. The second-order valence-corrected chi connectivity index (χ2v) is 5.21. The average Bonchev–Trinajstić information content (AvgIpc) is 2.95. The van der Waals surface area contributed by atoms with Gasteiger partial charge in [-0.3, -0.25) is 9.67 Å². The summed E-state index contributed by atoms with van der Waals surface area (Å²) in [7, 11) is 1.83. The van der Waals surface area contributed by atoms with Crippen LogP contribution in [0.1, 0.15) is 11.1 Å². The molecular weight excluding hydrogens is 274 g/mol. The molecule has 2 N–H and O–H groups in total. The fraction of sp³-hybridized carbons (Fsp3) is 0.118. The Bertz CT molecular complexity index is 886. The van der Waals surface area contributed by atoms with Crippen molar-refractivity contribution in [3.63, 3.8) is 0 Å². The molecule has 0 amide bonds. The van der Waals surface area contributed by atoms with E-state index in [-0.39, 0.29) is 0 Å². The van der Waals surface area contributed by atoms with Crippen LogP contribution in [0.2, 0.25) is 0 Å². The Morgan fingerprint density at radius 1 is 1.18 bits per heavy atom. The molecule has 5 nitrogen and oxygen atoms in total. The van der Waals surface area contributed by atoms with E-state index in [9.17, 15) is 5.26 Å². The molecule has 0 unspecified atom stereocenters. The number of hydrogen-bond acceptors (Lipinski definition) is 4. The number of aromatic nitrogens is 3. The lowest BCUT2D eigenvalue weighted by Gasteiger charge is -2.09. The van der Waals surface area contributed by atoms with Crippen LogP contribution in [0.15, 0.2) is 42.9 Å². The van der Waals surface area contributed by atoms with Crippen LogP contribution < -0.4 is 5.73 Å². The molecule has 0 fully saturated rings. The van der Waals surface area contributed by atoms with Crippen molar-refractivity contribution in [3.8, 4) is 28.5 Å². The van der Waals surface area contributed by atoms with Gasteiger partial charge < -0.3 is 5.73 Å². The molecule has 3 aromatic rings. The van der Waals surface area contributed by atoms with E-state index in [0.717, 1.165) is 22.3 Å². The van der Waals surface area contributed by atoms with Crippen molar-refractivity contribution in [2.24, 2.45) is 7.05 Å². The Morgan fingerprint density at radius 3 is 2.68 bits per heavy atom. The van der Waals surface area contributed by atoms with Crippen molar-refractivity contribution in [1.82, 2.24) is 14.8 Å². The third-order valence-corrected chi connectivity index (χ3v) is 3.56. The first kappa shape index (κ1) is 13.8. The third-order valence-electron chi connectivity index (χ3n) is 3.56. The molecule has 0 radical (unpaired) electrons. The van der Waals surface area contributed by atoms with Gasteiger partial charge >= 0.3 is 0 Å². The Balaban J connectivity index is 2.13. The van der Waals surface area contributed by atoms with E-state index in [1.54, 1.807) is 17.1 Å². The number of aryl methyl sites for hydroxylation is 2. The van der Waals surface area contributed by atoms with Gasteiger partial charge in [0.1, 0.15) is 6.07 Å². The highest BCUT2D eigenvalue weighted by molar-refractivity contribution is 5.75. The van der Waals surface area contributed by atoms with Crippen LogP contribution >= 0.6 is 0 Å². The maximum atomic E-state index is 9.44. The zero-order valence-electron chi connectivity index (χ0n) is 12.4. The monoisotopic (exact) mass is 289 g/mol. The second kappa shape index (κ2) is 5.34. The summed E-state index contributed by atoms with van der Waals surface area (Å²) in [6.45, 7) is 2.01. The first-order chi connectivity index (χ1) is 10.6. The van der Waals surface area contributed by atoms with Crippen LogP contribution in [-0.4, -0.2) is 14.8 Å². The lowest BCUT2D eigenvalue weighted by molar-refractivity contribution is 0.768. The Labute approximate surface area is 128 Å². The summed E-state index contributed by atoms with van der Waals surface area (Å²) in [4.78, 5) is 4.46. The molecule has 0 aliphatic carbocycles. The molecule has 0 bridgehead atoms. The van der Waals surface area contributed by atoms with Crippen molar-refractivity contribution in [3.05, 3.63) is 54.0 Å². The topological polar surface area (TPSA) is 80.5 Å². The fourth-order valence-electron chi connectivity index (χ4n) is 2.42. The van der Waals surface area contributed by atoms with Crippen LogP contribution in [0.5, 0.6) is 0 Å². The SMILES string of the molecule is Cc1ccc(N)cc1-c1cnc(-c2cnn(C)c2)c(C#N)c1. The van der Waals surface area contributed by atoms with Crippen LogP contribution in [0.3, 0.4) is 0 Å². The molecule has 0 saturated heterocycles. The lowest BCUT2D eigenvalue weighted by atomic mass is 9.98. The molecule has 3 rings (SSSR count). The van der Waals surface area contributed by atoms with Crippen molar-refractivity contribution < 1.29 is 0 Å². The summed E-state index contributed by atoms with van der Waals surface area (Å²) in [6, 6.07) is 9.79. The highest BCUT2D eigenvalue weighted by atomic mass is 15.2. The van der Waals surface area contributed by atoms with Gasteiger partial charge in [0, 0.05) is 36.3 Å². The van der Waals surface area contributed by atoms with Crippen LogP contribution in [-0.2, 0) is 7.05 Å². The number of hydrogen-bond donors (Lipinski definition) is 1. The van der Waals surface area contributed by atoms with E-state index >= 15 is 0 Å². The highest BCUT2D eigenvalue weighted by Crippen LogP contribution is 2.29. The predicted molar refractivity (Wildman–Crippen MR) is 85.7 cm³/mol. The quantitative estimate of drug-likeness (QED) is 0.735. The van der Waals surface area contributed by atoms with Crippen LogP contribution in [0.4, 0.5) is 5.69 Å². The lowest BCUT2D eigenvalue weighted by Crippen LogP contribution is -1.93. The zero-order valence-corrected chi connectivity index (χ0v) is 12.4. The van der Waals surface area contributed by atoms with Gasteiger partial charge in [-0.15, -0.1) is 0 Å². The van der Waals surface area contributed by atoms with Crippen molar-refractivity contribution in [1.29, 1.82) is 5.26 Å². The van der Waals surface area contributed by atoms with Gasteiger partial charge in [-0.2, -0.15) is 10.4 Å². The third kappa shape index (κ3) is 2.42. The van der Waals surface area contributed by atoms with E-state index in [0.29, 0.717) is 16.9 Å². The zero-order chi connectivity index (χ0) is 15.7. The minimum atomic E-state index is 0.521. The molecule has 0 spiro atoms. The Hall–Kier alpha value is -3.13. The molecule has 108 valence electrons. The number of rotatable bonds is 2. The normalized spacial score (nSPS) is 10.4. The van der Waals surface area contributed by atoms with Crippen molar-refractivity contribution in [2.75, 3.05) is 5.73 Å². The van der Waals surface area contributed by atoms with Gasteiger partial charge in [-0.1, -0.05) is 6.07 Å². The molecule has 1 aromatic carbocycles. The molecule has 5 heteroatoms. The predicted octanol–water partition coefficient (Wildman–Crippen LogP) is 2.91. The van der Waals surface area contributed by atoms with Gasteiger partial charge in [0.2, 0.25) is 0 Å². The summed E-state index contributed by atoms with van der Waals surface area (Å²) >= 11 is 0. The molecule has 2 aromatic heterocycles. The number of nitrogens with zero attached hydrogens (tertiary/aromatic N) is 4. The molecule has 2 heterocycles. The van der Waals surface area contributed by atoms with E-state index in [1.165, 1.54) is 0 Å². The van der Waals surface area contributed by atoms with E-state index in [1.807, 2.05) is 44.4 Å². The fourth-order valence-corrected chi connectivity index (χ4v) is 2.42. The summed E-state index contributed by atoms with van der Waals surface area (Å²) in [5, 5.41) is 13.6. The van der Waals surface area contributed by atoms with E-state index in [4.69, 9.17) is 5.73 Å². The minimum absolute atomic E-state index is 0.521. The summed E-state index contributed by atoms with van der Waals surface area (Å²) in [5.74, 6) is 0. The van der Waals surface area contributed by atoms with Gasteiger partial charge in [0.05, 0.1) is 17.5 Å². The molecule has 0 saturated carbocycles. The van der Waals surface area contributed by atoms with Gasteiger partial charge in [0.25, 0.3) is 0 Å². The van der Waals surface area contributed by atoms with Gasteiger partial charge in [-0.05, 0) is 36.2 Å². The number of benzene rings is 1. The second-order valence-electron chi connectivity index (χ2n) is 5.21. The number of anilines is 1. The molecule has 0 aliphatic rings. The molecule has 0 aliphatic heterocycles. The van der Waals surface area contributed by atoms with Crippen molar-refractivity contribution in [2.45, 2.75) is 6.92 Å². The first-order valence-corrected chi connectivity index (χ1v) is 6.84. The largest absolute Gasteiger partial charge is 0.399 e. The summed E-state index contributed by atoms with van der Waals surface area (Å²) in [6.07, 6.45) is 5.31. The van der Waals surface area contributed by atoms with E-state index < -0.39 is 0 Å². The standard InChI is InChI=1S/C17H15N5/c1-11-3-4-15(19)6-16(11)13-5-12(7-18)17(20-8-13)14-9-21-22(2)10-14/h3-6,8-10H,19H2,1-2H3.